The maximum atomic E-state index is 5.76. The molecule has 0 fully saturated rings. The number of rotatable bonds is 5. The summed E-state index contributed by atoms with van der Waals surface area (Å²) < 4.78 is 4.05. The average Bonchev–Trinajstić information content (AvgIpc) is 3.01. The van der Waals surface area contributed by atoms with Crippen LogP contribution in [0.3, 0.4) is 0 Å². The van der Waals surface area contributed by atoms with E-state index >= 15 is 0 Å². The van der Waals surface area contributed by atoms with Crippen molar-refractivity contribution in [3.63, 3.8) is 0 Å². The summed E-state index contributed by atoms with van der Waals surface area (Å²) in [6.45, 7) is 2.08. The molecule has 108 valence electrons. The number of para-hydroxylation sites is 1. The van der Waals surface area contributed by atoms with E-state index in [2.05, 4.69) is 33.0 Å². The summed E-state index contributed by atoms with van der Waals surface area (Å²) in [5.74, 6) is 5.76. The van der Waals surface area contributed by atoms with Crippen molar-refractivity contribution in [3.05, 3.63) is 52.7 Å². The lowest BCUT2D eigenvalue weighted by Gasteiger charge is -2.16. The van der Waals surface area contributed by atoms with Crippen molar-refractivity contribution in [2.24, 2.45) is 5.84 Å². The molecule has 0 spiro atoms. The van der Waals surface area contributed by atoms with Crippen molar-refractivity contribution < 1.29 is 0 Å². The third-order valence-electron chi connectivity index (χ3n) is 3.60. The second kappa shape index (κ2) is 6.26. The van der Waals surface area contributed by atoms with E-state index in [9.17, 15) is 0 Å². The number of hydrazine groups is 1. The lowest BCUT2D eigenvalue weighted by Crippen LogP contribution is -2.29. The molecule has 2 heterocycles. The molecule has 3 N–H and O–H groups in total. The Morgan fingerprint density at radius 1 is 1.29 bits per heavy atom. The Morgan fingerprint density at radius 2 is 2.14 bits per heavy atom. The lowest BCUT2D eigenvalue weighted by molar-refractivity contribution is 0.556. The fourth-order valence-corrected chi connectivity index (χ4v) is 3.30. The van der Waals surface area contributed by atoms with E-state index in [0.29, 0.717) is 0 Å². The number of nitrogens with one attached hydrogen (secondary N) is 1. The molecular weight excluding hydrogens is 282 g/mol. The van der Waals surface area contributed by atoms with Crippen molar-refractivity contribution in [1.29, 1.82) is 0 Å². The highest BCUT2D eigenvalue weighted by molar-refractivity contribution is 7.05. The summed E-state index contributed by atoms with van der Waals surface area (Å²) in [5, 5.41) is 5.33. The topological polar surface area (TPSA) is 76.7 Å². The summed E-state index contributed by atoms with van der Waals surface area (Å²) in [6, 6.07) is 10.2. The molecule has 0 radical (unpaired) electrons. The van der Waals surface area contributed by atoms with Gasteiger partial charge in [-0.05, 0) is 42.1 Å². The number of benzene rings is 1. The molecule has 0 saturated heterocycles. The molecule has 0 aliphatic carbocycles. The SMILES string of the molecule is CCc1nnsc1C(Cc1ccnc2ccccc12)NN. The number of aryl methyl sites for hydroxylation is 1. The molecule has 6 heteroatoms. The van der Waals surface area contributed by atoms with Gasteiger partial charge in [0.05, 0.1) is 22.1 Å². The summed E-state index contributed by atoms with van der Waals surface area (Å²) >= 11 is 1.41. The number of hydrogen-bond donors (Lipinski definition) is 2. The van der Waals surface area contributed by atoms with Crippen LogP contribution in [0.1, 0.15) is 29.1 Å². The minimum absolute atomic E-state index is 0.0192. The Labute approximate surface area is 127 Å². The Bertz CT molecular complexity index is 734. The Morgan fingerprint density at radius 3 is 2.95 bits per heavy atom. The first-order chi connectivity index (χ1) is 10.3. The third-order valence-corrected chi connectivity index (χ3v) is 4.48. The summed E-state index contributed by atoms with van der Waals surface area (Å²) in [4.78, 5) is 5.51. The van der Waals surface area contributed by atoms with Gasteiger partial charge in [-0.1, -0.05) is 29.6 Å². The molecule has 3 aromatic rings. The molecule has 1 atom stereocenters. The van der Waals surface area contributed by atoms with Gasteiger partial charge in [-0.15, -0.1) is 5.10 Å². The molecular formula is C15H17N5S. The first-order valence-electron chi connectivity index (χ1n) is 6.93. The molecule has 3 rings (SSSR count). The maximum Gasteiger partial charge on any atom is 0.0801 e. The minimum atomic E-state index is 0.0192. The highest BCUT2D eigenvalue weighted by atomic mass is 32.1. The van der Waals surface area contributed by atoms with Crippen LogP contribution in [0.4, 0.5) is 0 Å². The van der Waals surface area contributed by atoms with Crippen LogP contribution in [0.15, 0.2) is 36.5 Å². The zero-order valence-electron chi connectivity index (χ0n) is 11.8. The average molecular weight is 299 g/mol. The molecule has 0 bridgehead atoms. The number of aromatic nitrogens is 3. The Hall–Kier alpha value is -1.89. The van der Waals surface area contributed by atoms with E-state index in [1.165, 1.54) is 17.1 Å². The second-order valence-electron chi connectivity index (χ2n) is 4.85. The first-order valence-corrected chi connectivity index (χ1v) is 7.70. The molecule has 21 heavy (non-hydrogen) atoms. The normalized spacial score (nSPS) is 12.7. The molecule has 0 amide bonds. The van der Waals surface area contributed by atoms with Gasteiger partial charge in [0, 0.05) is 11.6 Å². The zero-order chi connectivity index (χ0) is 14.7. The second-order valence-corrected chi connectivity index (χ2v) is 5.63. The predicted octanol–water partition coefficient (Wildman–Crippen LogP) is 2.40. The van der Waals surface area contributed by atoms with Gasteiger partial charge in [0.2, 0.25) is 0 Å². The molecule has 1 aromatic carbocycles. The number of hydrogen-bond acceptors (Lipinski definition) is 6. The third kappa shape index (κ3) is 2.78. The van der Waals surface area contributed by atoms with Crippen molar-refractivity contribution in [2.75, 3.05) is 0 Å². The molecule has 5 nitrogen and oxygen atoms in total. The van der Waals surface area contributed by atoms with Crippen molar-refractivity contribution in [3.8, 4) is 0 Å². The largest absolute Gasteiger partial charge is 0.271 e. The highest BCUT2D eigenvalue weighted by Gasteiger charge is 2.18. The van der Waals surface area contributed by atoms with Crippen molar-refractivity contribution >= 4 is 22.4 Å². The van der Waals surface area contributed by atoms with E-state index in [1.807, 2.05) is 30.5 Å². The molecule has 0 aliphatic rings. The van der Waals surface area contributed by atoms with E-state index in [1.54, 1.807) is 0 Å². The fraction of sp³-hybridized carbons (Fsp3) is 0.267. The van der Waals surface area contributed by atoms with Crippen LogP contribution in [0, 0.1) is 0 Å². The van der Waals surface area contributed by atoms with E-state index in [4.69, 9.17) is 5.84 Å². The fourth-order valence-electron chi connectivity index (χ4n) is 2.51. The maximum absolute atomic E-state index is 5.76. The van der Waals surface area contributed by atoms with Crippen molar-refractivity contribution in [1.82, 2.24) is 20.0 Å². The molecule has 2 aromatic heterocycles. The number of nitrogens with two attached hydrogens (primary N) is 1. The van der Waals surface area contributed by atoms with Crippen LogP contribution >= 0.6 is 11.5 Å². The summed E-state index contributed by atoms with van der Waals surface area (Å²) in [5.41, 5.74) is 6.14. The van der Waals surface area contributed by atoms with Crippen LogP contribution in [-0.4, -0.2) is 14.6 Å². The van der Waals surface area contributed by atoms with E-state index < -0.39 is 0 Å². The quantitative estimate of drug-likeness (QED) is 0.559. The van der Waals surface area contributed by atoms with E-state index in [0.717, 1.165) is 34.3 Å². The Balaban J connectivity index is 1.96. The monoisotopic (exact) mass is 299 g/mol. The minimum Gasteiger partial charge on any atom is -0.271 e. The van der Waals surface area contributed by atoms with Gasteiger partial charge in [0.25, 0.3) is 0 Å². The first kappa shape index (κ1) is 14.1. The van der Waals surface area contributed by atoms with Crippen LogP contribution in [0.25, 0.3) is 10.9 Å². The van der Waals surface area contributed by atoms with Gasteiger partial charge >= 0.3 is 0 Å². The lowest BCUT2D eigenvalue weighted by atomic mass is 10.0. The van der Waals surface area contributed by atoms with Gasteiger partial charge in [0.1, 0.15) is 0 Å². The van der Waals surface area contributed by atoms with Gasteiger partial charge < -0.3 is 0 Å². The van der Waals surface area contributed by atoms with Gasteiger partial charge in [-0.2, -0.15) is 0 Å². The van der Waals surface area contributed by atoms with E-state index in [-0.39, 0.29) is 6.04 Å². The number of fused-ring (bicyclic) bond motifs is 1. The standard InChI is InChI=1S/C15H17N5S/c1-2-12-15(21-20-19-12)14(18-16)9-10-7-8-17-13-6-4-3-5-11(10)13/h3-8,14,18H,2,9,16H2,1H3. The number of nitrogens with zero attached hydrogens (tertiary/aromatic N) is 3. The van der Waals surface area contributed by atoms with Crippen LogP contribution in [0.5, 0.6) is 0 Å². The van der Waals surface area contributed by atoms with Gasteiger partial charge in [-0.3, -0.25) is 16.3 Å². The molecule has 1 unspecified atom stereocenters. The number of pyridine rings is 1. The smallest absolute Gasteiger partial charge is 0.0801 e. The van der Waals surface area contributed by atoms with Crippen molar-refractivity contribution in [2.45, 2.75) is 25.8 Å². The Kier molecular flexibility index (Phi) is 4.19. The highest BCUT2D eigenvalue weighted by Crippen LogP contribution is 2.26. The van der Waals surface area contributed by atoms with Crippen LogP contribution < -0.4 is 11.3 Å². The van der Waals surface area contributed by atoms with Crippen LogP contribution in [-0.2, 0) is 12.8 Å². The van der Waals surface area contributed by atoms with Gasteiger partial charge in [-0.25, -0.2) is 0 Å². The van der Waals surface area contributed by atoms with Crippen LogP contribution in [0.2, 0.25) is 0 Å². The summed E-state index contributed by atoms with van der Waals surface area (Å²) in [7, 11) is 0. The zero-order valence-corrected chi connectivity index (χ0v) is 12.6. The van der Waals surface area contributed by atoms with Gasteiger partial charge in [0.15, 0.2) is 0 Å². The molecule has 0 aliphatic heterocycles. The molecule has 0 saturated carbocycles. The summed E-state index contributed by atoms with van der Waals surface area (Å²) in [6.07, 6.45) is 3.49. The predicted molar refractivity (Wildman–Crippen MR) is 84.8 cm³/mol.